The Bertz CT molecular complexity index is 663. The normalized spacial score (nSPS) is 11.8. The van der Waals surface area contributed by atoms with Crippen LogP contribution in [-0.2, 0) is 4.79 Å². The van der Waals surface area contributed by atoms with Gasteiger partial charge in [0.25, 0.3) is 5.91 Å². The van der Waals surface area contributed by atoms with Gasteiger partial charge in [0.1, 0.15) is 11.8 Å². The molecule has 2 aromatic rings. The molecule has 2 rings (SSSR count). The molecule has 0 saturated heterocycles. The zero-order valence-electron chi connectivity index (χ0n) is 14.0. The average Bonchev–Trinajstić information content (AvgIpc) is 3.08. The molecule has 2 amide bonds. The van der Waals surface area contributed by atoms with E-state index in [1.165, 1.54) is 6.26 Å². The quantitative estimate of drug-likeness (QED) is 0.817. The third-order valence-electron chi connectivity index (χ3n) is 3.41. The number of nitrogens with one attached hydrogen (secondary N) is 2. The summed E-state index contributed by atoms with van der Waals surface area (Å²) in [6.07, 6.45) is 1.42. The van der Waals surface area contributed by atoms with Gasteiger partial charge in [0, 0.05) is 5.69 Å². The number of amides is 2. The average molecular weight is 330 g/mol. The van der Waals surface area contributed by atoms with E-state index in [9.17, 15) is 9.59 Å². The van der Waals surface area contributed by atoms with Gasteiger partial charge in [0.2, 0.25) is 5.91 Å². The summed E-state index contributed by atoms with van der Waals surface area (Å²) in [5.74, 6) is 0.137. The summed E-state index contributed by atoms with van der Waals surface area (Å²) < 4.78 is 10.4. The van der Waals surface area contributed by atoms with Crippen LogP contribution in [0.3, 0.4) is 0 Å². The number of carbonyl (C=O) groups is 2. The predicted octanol–water partition coefficient (Wildman–Crippen LogP) is 3.07. The minimum Gasteiger partial charge on any atom is -0.494 e. The molecule has 6 nitrogen and oxygen atoms in total. The molecule has 1 aromatic carbocycles. The molecule has 0 aliphatic heterocycles. The van der Waals surface area contributed by atoms with E-state index in [4.69, 9.17) is 9.15 Å². The smallest absolute Gasteiger partial charge is 0.287 e. The summed E-state index contributed by atoms with van der Waals surface area (Å²) in [6.45, 7) is 6.22. The van der Waals surface area contributed by atoms with E-state index in [0.717, 1.165) is 5.75 Å². The molecule has 0 unspecified atom stereocenters. The number of ether oxygens (including phenoxy) is 1. The summed E-state index contributed by atoms with van der Waals surface area (Å²) in [4.78, 5) is 24.6. The fourth-order valence-corrected chi connectivity index (χ4v) is 2.18. The van der Waals surface area contributed by atoms with Crippen LogP contribution in [0, 0.1) is 5.92 Å². The third-order valence-corrected chi connectivity index (χ3v) is 3.41. The maximum absolute atomic E-state index is 12.5. The largest absolute Gasteiger partial charge is 0.494 e. The van der Waals surface area contributed by atoms with Gasteiger partial charge in [0.05, 0.1) is 12.9 Å². The molecule has 0 spiro atoms. The highest BCUT2D eigenvalue weighted by atomic mass is 16.5. The molecule has 0 saturated carbocycles. The van der Waals surface area contributed by atoms with Crippen LogP contribution in [0.15, 0.2) is 47.1 Å². The molecule has 1 aromatic heterocycles. The lowest BCUT2D eigenvalue weighted by molar-refractivity contribution is -0.118. The van der Waals surface area contributed by atoms with Crippen molar-refractivity contribution in [1.29, 1.82) is 0 Å². The van der Waals surface area contributed by atoms with Crippen LogP contribution in [0.25, 0.3) is 0 Å². The van der Waals surface area contributed by atoms with Crippen molar-refractivity contribution in [2.24, 2.45) is 5.92 Å². The predicted molar refractivity (Wildman–Crippen MR) is 91.0 cm³/mol. The second-order valence-electron chi connectivity index (χ2n) is 5.62. The van der Waals surface area contributed by atoms with Crippen LogP contribution in [0.4, 0.5) is 5.69 Å². The molecule has 24 heavy (non-hydrogen) atoms. The van der Waals surface area contributed by atoms with E-state index in [1.54, 1.807) is 36.4 Å². The lowest BCUT2D eigenvalue weighted by Gasteiger charge is -2.21. The van der Waals surface area contributed by atoms with Crippen molar-refractivity contribution in [3.8, 4) is 5.75 Å². The fourth-order valence-electron chi connectivity index (χ4n) is 2.18. The summed E-state index contributed by atoms with van der Waals surface area (Å²) in [5, 5.41) is 5.50. The van der Waals surface area contributed by atoms with Crippen molar-refractivity contribution in [3.05, 3.63) is 48.4 Å². The number of rotatable bonds is 7. The van der Waals surface area contributed by atoms with Crippen LogP contribution in [0.5, 0.6) is 5.75 Å². The molecule has 2 N–H and O–H groups in total. The van der Waals surface area contributed by atoms with Gasteiger partial charge in [-0.3, -0.25) is 9.59 Å². The van der Waals surface area contributed by atoms with Gasteiger partial charge >= 0.3 is 0 Å². The van der Waals surface area contributed by atoms with E-state index in [1.807, 2.05) is 20.8 Å². The van der Waals surface area contributed by atoms with Gasteiger partial charge in [-0.2, -0.15) is 0 Å². The van der Waals surface area contributed by atoms with Crippen molar-refractivity contribution in [2.45, 2.75) is 26.8 Å². The second kappa shape index (κ2) is 8.19. The van der Waals surface area contributed by atoms with Crippen molar-refractivity contribution in [2.75, 3.05) is 11.9 Å². The minimum atomic E-state index is -0.672. The topological polar surface area (TPSA) is 80.6 Å². The number of hydrogen-bond acceptors (Lipinski definition) is 4. The number of furan rings is 1. The standard InChI is InChI=1S/C18H22N2O4/c1-4-23-14-9-7-13(8-10-14)19-18(22)16(12(2)3)20-17(21)15-6-5-11-24-15/h5-12,16H,4H2,1-3H3,(H,19,22)(H,20,21)/t16-/m1/s1. The van der Waals surface area contributed by atoms with E-state index in [2.05, 4.69) is 10.6 Å². The van der Waals surface area contributed by atoms with Gasteiger partial charge in [-0.25, -0.2) is 0 Å². The first-order valence-corrected chi connectivity index (χ1v) is 7.89. The van der Waals surface area contributed by atoms with Crippen LogP contribution >= 0.6 is 0 Å². The first-order valence-electron chi connectivity index (χ1n) is 7.89. The lowest BCUT2D eigenvalue weighted by Crippen LogP contribution is -2.47. The molecule has 128 valence electrons. The first-order chi connectivity index (χ1) is 11.5. The number of anilines is 1. The zero-order chi connectivity index (χ0) is 17.5. The Kier molecular flexibility index (Phi) is 6.01. The Morgan fingerprint density at radius 2 is 1.88 bits per heavy atom. The zero-order valence-corrected chi connectivity index (χ0v) is 14.0. The van der Waals surface area contributed by atoms with Crippen molar-refractivity contribution >= 4 is 17.5 Å². The van der Waals surface area contributed by atoms with E-state index < -0.39 is 11.9 Å². The van der Waals surface area contributed by atoms with Crippen LogP contribution in [-0.4, -0.2) is 24.5 Å². The third kappa shape index (κ3) is 4.62. The summed E-state index contributed by atoms with van der Waals surface area (Å²) >= 11 is 0. The second-order valence-corrected chi connectivity index (χ2v) is 5.62. The van der Waals surface area contributed by atoms with Gasteiger partial charge in [-0.1, -0.05) is 13.8 Å². The molecule has 0 bridgehead atoms. The fraction of sp³-hybridized carbons (Fsp3) is 0.333. The van der Waals surface area contributed by atoms with Gasteiger partial charge in [-0.15, -0.1) is 0 Å². The number of carbonyl (C=O) groups excluding carboxylic acids is 2. The Morgan fingerprint density at radius 1 is 1.17 bits per heavy atom. The highest BCUT2D eigenvalue weighted by Crippen LogP contribution is 2.16. The van der Waals surface area contributed by atoms with Crippen LogP contribution < -0.4 is 15.4 Å². The number of hydrogen-bond donors (Lipinski definition) is 2. The molecule has 0 aliphatic rings. The monoisotopic (exact) mass is 330 g/mol. The first kappa shape index (κ1) is 17.6. The lowest BCUT2D eigenvalue weighted by atomic mass is 10.0. The Hall–Kier alpha value is -2.76. The molecule has 0 aliphatic carbocycles. The Labute approximate surface area is 141 Å². The Balaban J connectivity index is 2.02. The number of benzene rings is 1. The summed E-state index contributed by atoms with van der Waals surface area (Å²) in [5.41, 5.74) is 0.640. The van der Waals surface area contributed by atoms with Gasteiger partial charge < -0.3 is 19.8 Å². The SMILES string of the molecule is CCOc1ccc(NC(=O)[C@H](NC(=O)c2ccco2)C(C)C)cc1. The van der Waals surface area contributed by atoms with E-state index in [-0.39, 0.29) is 17.6 Å². The van der Waals surface area contributed by atoms with E-state index in [0.29, 0.717) is 12.3 Å². The highest BCUT2D eigenvalue weighted by Gasteiger charge is 2.25. The summed E-state index contributed by atoms with van der Waals surface area (Å²) in [6, 6.07) is 9.59. The molecule has 0 radical (unpaired) electrons. The van der Waals surface area contributed by atoms with Crippen LogP contribution in [0.1, 0.15) is 31.3 Å². The minimum absolute atomic E-state index is 0.0772. The van der Waals surface area contributed by atoms with Crippen molar-refractivity contribution in [1.82, 2.24) is 5.32 Å². The highest BCUT2D eigenvalue weighted by molar-refractivity contribution is 6.00. The maximum Gasteiger partial charge on any atom is 0.287 e. The molecule has 0 fully saturated rings. The molecule has 6 heteroatoms. The molecular formula is C18H22N2O4. The van der Waals surface area contributed by atoms with Crippen LogP contribution in [0.2, 0.25) is 0 Å². The Morgan fingerprint density at radius 3 is 2.42 bits per heavy atom. The molecule has 1 atom stereocenters. The van der Waals surface area contributed by atoms with Crippen molar-refractivity contribution in [3.63, 3.8) is 0 Å². The maximum atomic E-state index is 12.5. The molecular weight excluding hydrogens is 308 g/mol. The molecule has 1 heterocycles. The van der Waals surface area contributed by atoms with Crippen molar-refractivity contribution < 1.29 is 18.7 Å². The van der Waals surface area contributed by atoms with Gasteiger partial charge in [-0.05, 0) is 49.2 Å². The van der Waals surface area contributed by atoms with E-state index >= 15 is 0 Å². The van der Waals surface area contributed by atoms with Gasteiger partial charge in [0.15, 0.2) is 5.76 Å². The summed E-state index contributed by atoms with van der Waals surface area (Å²) in [7, 11) is 0.